The molecule has 0 saturated carbocycles. The van der Waals surface area contributed by atoms with Gasteiger partial charge in [0.25, 0.3) is 0 Å². The summed E-state index contributed by atoms with van der Waals surface area (Å²) in [6, 6.07) is 5.28. The summed E-state index contributed by atoms with van der Waals surface area (Å²) in [5.41, 5.74) is 0.828. The molecular formula is C10H10N2O2S. The molecule has 0 unspecified atom stereocenters. The Morgan fingerprint density at radius 1 is 1.53 bits per heavy atom. The normalized spacial score (nSPS) is 10.5. The van der Waals surface area contributed by atoms with E-state index >= 15 is 0 Å². The number of carbonyl (C=O) groups is 1. The van der Waals surface area contributed by atoms with Crippen LogP contribution < -0.4 is 0 Å². The number of carboxylic acid groups (broad SMARTS) is 1. The molecule has 1 N–H and O–H groups in total. The van der Waals surface area contributed by atoms with Crippen molar-refractivity contribution in [2.75, 3.05) is 0 Å². The third kappa shape index (κ3) is 1.92. The Balaban J connectivity index is 2.32. The van der Waals surface area contributed by atoms with Crippen molar-refractivity contribution < 1.29 is 9.90 Å². The van der Waals surface area contributed by atoms with Crippen LogP contribution >= 0.6 is 11.3 Å². The first kappa shape index (κ1) is 9.92. The van der Waals surface area contributed by atoms with Gasteiger partial charge in [-0.1, -0.05) is 0 Å². The number of nitrogens with zero attached hydrogens (tertiary/aromatic N) is 2. The lowest BCUT2D eigenvalue weighted by atomic mass is 10.3. The van der Waals surface area contributed by atoms with E-state index < -0.39 is 5.97 Å². The molecule has 0 bridgehead atoms. The number of rotatable bonds is 3. The molecule has 0 aromatic carbocycles. The molecule has 2 aromatic heterocycles. The maximum Gasteiger partial charge on any atom is 0.345 e. The molecule has 2 aromatic rings. The maximum atomic E-state index is 10.7. The highest BCUT2D eigenvalue weighted by Crippen LogP contribution is 2.26. The second kappa shape index (κ2) is 3.86. The third-order valence-electron chi connectivity index (χ3n) is 2.03. The van der Waals surface area contributed by atoms with Crippen LogP contribution in [0.15, 0.2) is 24.4 Å². The minimum Gasteiger partial charge on any atom is -0.477 e. The van der Waals surface area contributed by atoms with Crippen molar-refractivity contribution in [2.45, 2.75) is 13.5 Å². The van der Waals surface area contributed by atoms with Crippen LogP contribution in [0.25, 0.3) is 10.6 Å². The molecule has 2 heterocycles. The van der Waals surface area contributed by atoms with Gasteiger partial charge in [0.2, 0.25) is 0 Å². The van der Waals surface area contributed by atoms with Crippen LogP contribution in [0.4, 0.5) is 0 Å². The largest absolute Gasteiger partial charge is 0.477 e. The van der Waals surface area contributed by atoms with Gasteiger partial charge in [0.15, 0.2) is 0 Å². The van der Waals surface area contributed by atoms with E-state index in [1.165, 1.54) is 11.3 Å². The first-order valence-electron chi connectivity index (χ1n) is 4.57. The van der Waals surface area contributed by atoms with Gasteiger partial charge in [0, 0.05) is 12.7 Å². The van der Waals surface area contributed by atoms with E-state index in [0.717, 1.165) is 17.1 Å². The first-order valence-corrected chi connectivity index (χ1v) is 5.39. The summed E-state index contributed by atoms with van der Waals surface area (Å²) in [4.78, 5) is 11.9. The van der Waals surface area contributed by atoms with Crippen LogP contribution in [0.2, 0.25) is 0 Å². The van der Waals surface area contributed by atoms with E-state index in [1.54, 1.807) is 12.1 Å². The minimum atomic E-state index is -0.888. The molecule has 2 rings (SSSR count). The molecule has 0 fully saturated rings. The number of carboxylic acids is 1. The van der Waals surface area contributed by atoms with Crippen LogP contribution in [0.1, 0.15) is 16.6 Å². The van der Waals surface area contributed by atoms with E-state index in [4.69, 9.17) is 5.11 Å². The molecule has 0 atom stereocenters. The van der Waals surface area contributed by atoms with Crippen molar-refractivity contribution in [1.29, 1.82) is 0 Å². The molecule has 0 amide bonds. The zero-order valence-corrected chi connectivity index (χ0v) is 8.99. The molecule has 0 spiro atoms. The number of hydrogen-bond acceptors (Lipinski definition) is 3. The van der Waals surface area contributed by atoms with E-state index in [1.807, 2.05) is 23.9 Å². The van der Waals surface area contributed by atoms with Gasteiger partial charge in [-0.3, -0.25) is 4.68 Å². The molecule has 5 heteroatoms. The third-order valence-corrected chi connectivity index (χ3v) is 3.13. The highest BCUT2D eigenvalue weighted by molar-refractivity contribution is 7.17. The Kier molecular flexibility index (Phi) is 2.55. The summed E-state index contributed by atoms with van der Waals surface area (Å²) < 4.78 is 1.81. The Labute approximate surface area is 90.8 Å². The van der Waals surface area contributed by atoms with Gasteiger partial charge >= 0.3 is 5.97 Å². The van der Waals surface area contributed by atoms with Crippen LogP contribution in [0.5, 0.6) is 0 Å². The van der Waals surface area contributed by atoms with E-state index in [0.29, 0.717) is 4.88 Å². The van der Waals surface area contributed by atoms with E-state index in [2.05, 4.69) is 5.10 Å². The van der Waals surface area contributed by atoms with Crippen molar-refractivity contribution >= 4 is 17.3 Å². The lowest BCUT2D eigenvalue weighted by Crippen LogP contribution is -1.93. The zero-order valence-electron chi connectivity index (χ0n) is 8.17. The zero-order chi connectivity index (χ0) is 10.8. The highest BCUT2D eigenvalue weighted by atomic mass is 32.1. The SMILES string of the molecule is CCn1ccc(-c2ccc(C(=O)O)s2)n1. The van der Waals surface area contributed by atoms with Crippen LogP contribution in [0, 0.1) is 0 Å². The van der Waals surface area contributed by atoms with Crippen molar-refractivity contribution in [3.05, 3.63) is 29.3 Å². The topological polar surface area (TPSA) is 55.1 Å². The number of aromatic carboxylic acids is 1. The summed E-state index contributed by atoms with van der Waals surface area (Å²) in [6.45, 7) is 2.82. The van der Waals surface area contributed by atoms with Crippen molar-refractivity contribution in [3.63, 3.8) is 0 Å². The fourth-order valence-corrected chi connectivity index (χ4v) is 2.07. The molecular weight excluding hydrogens is 212 g/mol. The van der Waals surface area contributed by atoms with Crippen LogP contribution in [-0.4, -0.2) is 20.9 Å². The predicted octanol–water partition coefficient (Wildman–Crippen LogP) is 2.33. The Morgan fingerprint density at radius 2 is 2.33 bits per heavy atom. The molecule has 0 radical (unpaired) electrons. The fraction of sp³-hybridized carbons (Fsp3) is 0.200. The minimum absolute atomic E-state index is 0.344. The molecule has 0 aliphatic heterocycles. The number of hydrogen-bond donors (Lipinski definition) is 1. The second-order valence-electron chi connectivity index (χ2n) is 3.03. The average Bonchev–Trinajstić information content (AvgIpc) is 2.86. The van der Waals surface area contributed by atoms with Crippen LogP contribution in [0.3, 0.4) is 0 Å². The quantitative estimate of drug-likeness (QED) is 0.867. The van der Waals surface area contributed by atoms with E-state index in [-0.39, 0.29) is 0 Å². The number of aromatic nitrogens is 2. The molecule has 78 valence electrons. The summed E-state index contributed by atoms with van der Waals surface area (Å²) in [7, 11) is 0. The smallest absolute Gasteiger partial charge is 0.345 e. The van der Waals surface area contributed by atoms with Crippen LogP contribution in [-0.2, 0) is 6.54 Å². The Bertz CT molecular complexity index is 487. The maximum absolute atomic E-state index is 10.7. The van der Waals surface area contributed by atoms with Crippen molar-refractivity contribution in [2.24, 2.45) is 0 Å². The lowest BCUT2D eigenvalue weighted by molar-refractivity contribution is 0.0702. The molecule has 0 saturated heterocycles. The summed E-state index contributed by atoms with van der Waals surface area (Å²) in [5, 5.41) is 13.1. The fourth-order valence-electron chi connectivity index (χ4n) is 1.26. The Hall–Kier alpha value is -1.62. The van der Waals surface area contributed by atoms with Gasteiger partial charge in [-0.05, 0) is 25.1 Å². The van der Waals surface area contributed by atoms with Crippen molar-refractivity contribution in [3.8, 4) is 10.6 Å². The van der Waals surface area contributed by atoms with Gasteiger partial charge in [0.1, 0.15) is 10.6 Å². The number of aryl methyl sites for hydroxylation is 1. The molecule has 4 nitrogen and oxygen atoms in total. The van der Waals surface area contributed by atoms with Crippen molar-refractivity contribution in [1.82, 2.24) is 9.78 Å². The average molecular weight is 222 g/mol. The molecule has 0 aliphatic carbocycles. The van der Waals surface area contributed by atoms with Gasteiger partial charge in [-0.15, -0.1) is 11.3 Å². The first-order chi connectivity index (χ1) is 7.20. The monoisotopic (exact) mass is 222 g/mol. The summed E-state index contributed by atoms with van der Waals surface area (Å²) in [5.74, 6) is -0.888. The van der Waals surface area contributed by atoms with Gasteiger partial charge in [0.05, 0.1) is 4.88 Å². The summed E-state index contributed by atoms with van der Waals surface area (Å²) in [6.07, 6.45) is 1.88. The van der Waals surface area contributed by atoms with Gasteiger partial charge < -0.3 is 5.11 Å². The second-order valence-corrected chi connectivity index (χ2v) is 4.11. The lowest BCUT2D eigenvalue weighted by Gasteiger charge is -1.92. The molecule has 15 heavy (non-hydrogen) atoms. The Morgan fingerprint density at radius 3 is 2.87 bits per heavy atom. The standard InChI is InChI=1S/C10H10N2O2S/c1-2-12-6-5-7(11-12)8-3-4-9(15-8)10(13)14/h3-6H,2H2,1H3,(H,13,14). The van der Waals surface area contributed by atoms with E-state index in [9.17, 15) is 4.79 Å². The summed E-state index contributed by atoms with van der Waals surface area (Å²) >= 11 is 1.24. The number of thiophene rings is 1. The predicted molar refractivity (Wildman–Crippen MR) is 58.2 cm³/mol. The molecule has 0 aliphatic rings. The highest BCUT2D eigenvalue weighted by Gasteiger charge is 2.09. The van der Waals surface area contributed by atoms with Gasteiger partial charge in [-0.25, -0.2) is 4.79 Å². The van der Waals surface area contributed by atoms with Gasteiger partial charge in [-0.2, -0.15) is 5.10 Å².